The molecule has 1 rings (SSSR count). The van der Waals surface area contributed by atoms with E-state index in [1.165, 1.54) is 6.07 Å². The summed E-state index contributed by atoms with van der Waals surface area (Å²) in [5.41, 5.74) is 0. The number of nitrogens with one attached hydrogen (secondary N) is 1. The Morgan fingerprint density at radius 3 is 2.67 bits per heavy atom. The van der Waals surface area contributed by atoms with Gasteiger partial charge in [-0.2, -0.15) is 0 Å². The molecule has 0 fully saturated rings. The van der Waals surface area contributed by atoms with E-state index in [1.807, 2.05) is 4.89 Å². The number of benzene rings is 1. The van der Waals surface area contributed by atoms with Gasteiger partial charge in [0.1, 0.15) is 0 Å². The summed E-state index contributed by atoms with van der Waals surface area (Å²) in [5.74, 6) is 0. The summed E-state index contributed by atoms with van der Waals surface area (Å²) in [6.07, 6.45) is 0. The SMILES string of the molecule is CCONS(=O)(=O)c1cc(Br)ccc1Br. The molecule has 0 amide bonds. The average molecular weight is 359 g/mol. The Labute approximate surface area is 105 Å². The second kappa shape index (κ2) is 5.40. The summed E-state index contributed by atoms with van der Waals surface area (Å²) in [6, 6.07) is 4.87. The number of halogens is 2. The lowest BCUT2D eigenvalue weighted by atomic mass is 10.4. The summed E-state index contributed by atoms with van der Waals surface area (Å²) in [4.78, 5) is 6.82. The molecule has 0 atom stereocenters. The van der Waals surface area contributed by atoms with Crippen LogP contribution < -0.4 is 4.89 Å². The zero-order valence-electron chi connectivity index (χ0n) is 7.83. The van der Waals surface area contributed by atoms with Crippen molar-refractivity contribution in [2.75, 3.05) is 6.61 Å². The highest BCUT2D eigenvalue weighted by Gasteiger charge is 2.17. The number of hydrogen-bond acceptors (Lipinski definition) is 3. The van der Waals surface area contributed by atoms with Gasteiger partial charge in [-0.25, -0.2) is 8.42 Å². The molecule has 0 saturated heterocycles. The first kappa shape index (κ1) is 13.1. The van der Waals surface area contributed by atoms with Crippen LogP contribution in [0.5, 0.6) is 0 Å². The third-order valence-electron chi connectivity index (χ3n) is 1.50. The minimum Gasteiger partial charge on any atom is -0.287 e. The van der Waals surface area contributed by atoms with Gasteiger partial charge in [0.05, 0.1) is 11.5 Å². The van der Waals surface area contributed by atoms with Crippen LogP contribution in [0.3, 0.4) is 0 Å². The largest absolute Gasteiger partial charge is 0.287 e. The van der Waals surface area contributed by atoms with Crippen LogP contribution in [0.15, 0.2) is 32.0 Å². The van der Waals surface area contributed by atoms with Crippen LogP contribution in [0.4, 0.5) is 0 Å². The van der Waals surface area contributed by atoms with E-state index in [-0.39, 0.29) is 11.5 Å². The third-order valence-corrected chi connectivity index (χ3v) is 4.20. The van der Waals surface area contributed by atoms with E-state index in [1.54, 1.807) is 19.1 Å². The Morgan fingerprint density at radius 2 is 2.07 bits per heavy atom. The van der Waals surface area contributed by atoms with Crippen molar-refractivity contribution in [1.29, 1.82) is 0 Å². The van der Waals surface area contributed by atoms with Gasteiger partial charge in [0.2, 0.25) is 0 Å². The summed E-state index contributed by atoms with van der Waals surface area (Å²) in [6.45, 7) is 1.96. The van der Waals surface area contributed by atoms with Crippen LogP contribution >= 0.6 is 31.9 Å². The van der Waals surface area contributed by atoms with Crippen molar-refractivity contribution < 1.29 is 13.3 Å². The monoisotopic (exact) mass is 357 g/mol. The lowest BCUT2D eigenvalue weighted by Gasteiger charge is -2.07. The van der Waals surface area contributed by atoms with Gasteiger partial charge in [0, 0.05) is 8.95 Å². The predicted octanol–water partition coefficient (Wildman–Crippen LogP) is 2.44. The highest BCUT2D eigenvalue weighted by atomic mass is 79.9. The van der Waals surface area contributed by atoms with Crippen molar-refractivity contribution in [2.45, 2.75) is 11.8 Å². The van der Waals surface area contributed by atoms with E-state index < -0.39 is 10.0 Å². The molecule has 0 aliphatic rings. The maximum absolute atomic E-state index is 11.7. The molecule has 7 heteroatoms. The maximum atomic E-state index is 11.7. The molecule has 0 aromatic heterocycles. The average Bonchev–Trinajstić information content (AvgIpc) is 2.18. The first-order valence-electron chi connectivity index (χ1n) is 4.06. The third kappa shape index (κ3) is 3.53. The molecule has 15 heavy (non-hydrogen) atoms. The second-order valence-corrected chi connectivity index (χ2v) is 5.98. The number of hydrogen-bond donors (Lipinski definition) is 1. The van der Waals surface area contributed by atoms with Gasteiger partial charge in [0.25, 0.3) is 10.0 Å². The summed E-state index contributed by atoms with van der Waals surface area (Å²) < 4.78 is 24.5. The summed E-state index contributed by atoms with van der Waals surface area (Å²) in [5, 5.41) is 0. The second-order valence-electron chi connectivity index (χ2n) is 2.59. The van der Waals surface area contributed by atoms with Crippen LogP contribution in [-0.4, -0.2) is 15.0 Å². The zero-order valence-corrected chi connectivity index (χ0v) is 11.8. The minimum atomic E-state index is -3.62. The molecule has 4 nitrogen and oxygen atoms in total. The van der Waals surface area contributed by atoms with Crippen LogP contribution in [0.25, 0.3) is 0 Å². The van der Waals surface area contributed by atoms with E-state index in [2.05, 4.69) is 36.7 Å². The van der Waals surface area contributed by atoms with E-state index in [4.69, 9.17) is 0 Å². The first-order valence-corrected chi connectivity index (χ1v) is 7.13. The molecule has 0 saturated carbocycles. The molecule has 0 unspecified atom stereocenters. The van der Waals surface area contributed by atoms with E-state index >= 15 is 0 Å². The van der Waals surface area contributed by atoms with E-state index in [0.29, 0.717) is 8.95 Å². The van der Waals surface area contributed by atoms with Gasteiger partial charge >= 0.3 is 0 Å². The highest BCUT2D eigenvalue weighted by molar-refractivity contribution is 9.11. The molecule has 0 heterocycles. The molecule has 84 valence electrons. The van der Waals surface area contributed by atoms with Gasteiger partial charge < -0.3 is 0 Å². The molecule has 0 aliphatic heterocycles. The molecule has 0 bridgehead atoms. The fourth-order valence-corrected chi connectivity index (χ4v) is 3.23. The van der Waals surface area contributed by atoms with Crippen molar-refractivity contribution in [3.05, 3.63) is 27.1 Å². The molecular formula is C8H9Br2NO3S. The van der Waals surface area contributed by atoms with Gasteiger partial charge in [-0.1, -0.05) is 20.8 Å². The molecule has 1 aromatic carbocycles. The van der Waals surface area contributed by atoms with Crippen LogP contribution in [0.2, 0.25) is 0 Å². The van der Waals surface area contributed by atoms with Gasteiger partial charge in [-0.3, -0.25) is 4.84 Å². The van der Waals surface area contributed by atoms with E-state index in [9.17, 15) is 8.42 Å². The Morgan fingerprint density at radius 1 is 1.40 bits per heavy atom. The fourth-order valence-electron chi connectivity index (χ4n) is 0.865. The normalized spacial score (nSPS) is 11.7. The molecule has 1 aromatic rings. The quantitative estimate of drug-likeness (QED) is 0.841. The van der Waals surface area contributed by atoms with Crippen LogP contribution in [-0.2, 0) is 14.9 Å². The van der Waals surface area contributed by atoms with Crippen molar-refractivity contribution in [3.8, 4) is 0 Å². The molecule has 0 spiro atoms. The topological polar surface area (TPSA) is 55.4 Å². The van der Waals surface area contributed by atoms with Gasteiger partial charge in [-0.05, 0) is 41.1 Å². The Bertz CT molecular complexity index is 447. The lowest BCUT2D eigenvalue weighted by Crippen LogP contribution is -2.24. The Kier molecular flexibility index (Phi) is 4.72. The smallest absolute Gasteiger partial charge is 0.263 e. The summed E-state index contributed by atoms with van der Waals surface area (Å²) in [7, 11) is -3.62. The number of sulfonamides is 1. The standard InChI is InChI=1S/C8H9Br2NO3S/c1-2-14-11-15(12,13)8-5-6(9)3-4-7(8)10/h3-5,11H,2H2,1H3. The van der Waals surface area contributed by atoms with E-state index in [0.717, 1.165) is 0 Å². The molecule has 0 aliphatic carbocycles. The van der Waals surface area contributed by atoms with Crippen molar-refractivity contribution in [1.82, 2.24) is 4.89 Å². The Balaban J connectivity index is 3.09. The van der Waals surface area contributed by atoms with Crippen molar-refractivity contribution >= 4 is 41.9 Å². The minimum absolute atomic E-state index is 0.130. The van der Waals surface area contributed by atoms with Crippen LogP contribution in [0, 0.1) is 0 Å². The molecule has 1 N–H and O–H groups in total. The maximum Gasteiger partial charge on any atom is 0.263 e. The fraction of sp³-hybridized carbons (Fsp3) is 0.250. The van der Waals surface area contributed by atoms with Gasteiger partial charge in [-0.15, -0.1) is 0 Å². The molecular weight excluding hydrogens is 350 g/mol. The predicted molar refractivity (Wildman–Crippen MR) is 63.8 cm³/mol. The molecule has 0 radical (unpaired) electrons. The summed E-state index contributed by atoms with van der Waals surface area (Å²) >= 11 is 6.37. The lowest BCUT2D eigenvalue weighted by molar-refractivity contribution is 0.105. The highest BCUT2D eigenvalue weighted by Crippen LogP contribution is 2.25. The first-order chi connectivity index (χ1) is 6.97. The van der Waals surface area contributed by atoms with Crippen molar-refractivity contribution in [2.24, 2.45) is 0 Å². The van der Waals surface area contributed by atoms with Crippen molar-refractivity contribution in [3.63, 3.8) is 0 Å². The van der Waals surface area contributed by atoms with Gasteiger partial charge in [0.15, 0.2) is 0 Å². The van der Waals surface area contributed by atoms with Crippen LogP contribution in [0.1, 0.15) is 6.92 Å². The number of rotatable bonds is 4. The Hall–Kier alpha value is 0.0500. The zero-order chi connectivity index (χ0) is 11.5.